The number of aliphatic imine (C=N–C) groups is 1. The number of benzene rings is 5. The molecule has 5 rings (SSSR count). The molecule has 0 heterocycles. The number of ketones is 2. The van der Waals surface area contributed by atoms with Crippen molar-refractivity contribution in [3.05, 3.63) is 108 Å². The Morgan fingerprint density at radius 3 is 1.92 bits per heavy atom. The van der Waals surface area contributed by atoms with Crippen molar-refractivity contribution in [3.8, 4) is 22.6 Å². The number of amidine groups is 1. The number of fused-ring (bicyclic) bond motifs is 2. The summed E-state index contributed by atoms with van der Waals surface area (Å²) in [5, 5.41) is 9.75. The first-order chi connectivity index (χ1) is 36.7. The summed E-state index contributed by atoms with van der Waals surface area (Å²) in [5.41, 5.74) is 9.16. The quantitative estimate of drug-likeness (QED) is 0.0127. The molecule has 2 amide bonds. The molecule has 0 unspecified atom stereocenters. The molecular formula is C63H85N4O9P. The van der Waals surface area contributed by atoms with Gasteiger partial charge in [0.05, 0.1) is 24.4 Å². The van der Waals surface area contributed by atoms with Gasteiger partial charge in [-0.2, -0.15) is 0 Å². The maximum atomic E-state index is 14.7. The van der Waals surface area contributed by atoms with Crippen LogP contribution in [0.5, 0.6) is 11.5 Å². The van der Waals surface area contributed by atoms with E-state index in [1.807, 2.05) is 99.6 Å². The molecule has 0 saturated carbocycles. The lowest BCUT2D eigenvalue weighted by Gasteiger charge is -2.24. The first-order valence-electron chi connectivity index (χ1n) is 27.4. The molecule has 14 heteroatoms. The monoisotopic (exact) mass is 1070 g/mol. The summed E-state index contributed by atoms with van der Waals surface area (Å²) in [6.45, 7) is 20.8. The van der Waals surface area contributed by atoms with Gasteiger partial charge in [0, 0.05) is 49.1 Å². The third-order valence-electron chi connectivity index (χ3n) is 13.1. The largest absolute Gasteiger partial charge is 0.493 e. The zero-order valence-corrected chi connectivity index (χ0v) is 48.3. The minimum Gasteiger partial charge on any atom is -0.493 e. The van der Waals surface area contributed by atoms with Crippen molar-refractivity contribution in [1.29, 1.82) is 0 Å². The van der Waals surface area contributed by atoms with E-state index >= 15 is 0 Å². The summed E-state index contributed by atoms with van der Waals surface area (Å²) in [6.07, 6.45) is 3.07. The third kappa shape index (κ3) is 20.9. The van der Waals surface area contributed by atoms with Crippen molar-refractivity contribution in [2.75, 3.05) is 45.8 Å². The van der Waals surface area contributed by atoms with Crippen molar-refractivity contribution in [3.63, 3.8) is 0 Å². The summed E-state index contributed by atoms with van der Waals surface area (Å²) < 4.78 is 24.3. The first kappa shape index (κ1) is 61.5. The third-order valence-corrected chi connectivity index (χ3v) is 14.0. The number of nitrogens with one attached hydrogen (secondary N) is 2. The lowest BCUT2D eigenvalue weighted by Crippen LogP contribution is -2.45. The van der Waals surface area contributed by atoms with Gasteiger partial charge < -0.3 is 35.3 Å². The second-order valence-corrected chi connectivity index (χ2v) is 24.9. The number of nitrogens with two attached hydrogens (primary N) is 1. The van der Waals surface area contributed by atoms with E-state index in [0.29, 0.717) is 74.8 Å². The fourth-order valence-corrected chi connectivity index (χ4v) is 9.92. The number of alkyl carbamates (subject to hydrolysis) is 1. The highest BCUT2D eigenvalue weighted by Crippen LogP contribution is 2.45. The van der Waals surface area contributed by atoms with Crippen LogP contribution in [0.25, 0.3) is 32.7 Å². The van der Waals surface area contributed by atoms with Gasteiger partial charge in [-0.15, -0.1) is 7.92 Å². The van der Waals surface area contributed by atoms with E-state index in [0.717, 1.165) is 50.2 Å². The standard InChI is InChI=1S/C63H85N4O9P/c1-42(2)32-35-73-55-30-28-46-18-11-13-21-51(46)58(55)59-52-22-14-12-19-47(52)29-31-56(59)74-40-50(68)37-48(20-15-16-33-66-62(72)76-63(6,7)8)60(70)67-53(23-17-34-65-57(64)41-77(9)10)54(69)38-49(36-43(3)4)61(71)75-39-45-26-24-44(5)25-27-45/h11-14,18-19,21-22,24-31,42-43,48-49,53H,15-17,20,23,32-41H2,1-10H3,(H2,64,65)(H,66,72)(H,67,70)/t48-,49+,53+/m0/s1. The van der Waals surface area contributed by atoms with Crippen molar-refractivity contribution in [1.82, 2.24) is 10.6 Å². The van der Waals surface area contributed by atoms with Crippen LogP contribution in [0.4, 0.5) is 4.79 Å². The Kier molecular flexibility index (Phi) is 24.4. The Morgan fingerprint density at radius 2 is 1.32 bits per heavy atom. The van der Waals surface area contributed by atoms with Crippen LogP contribution in [0.2, 0.25) is 0 Å². The molecule has 0 bridgehead atoms. The second-order valence-electron chi connectivity index (χ2n) is 22.4. The number of esters is 1. The van der Waals surface area contributed by atoms with Crippen LogP contribution in [0.1, 0.15) is 117 Å². The summed E-state index contributed by atoms with van der Waals surface area (Å²) in [7, 11) is -0.298. The van der Waals surface area contributed by atoms with Crippen LogP contribution >= 0.6 is 7.92 Å². The Balaban J connectivity index is 1.42. The van der Waals surface area contributed by atoms with Crippen LogP contribution < -0.4 is 25.8 Å². The minimum absolute atomic E-state index is 0.0746. The van der Waals surface area contributed by atoms with E-state index in [4.69, 9.17) is 24.7 Å². The predicted octanol–water partition coefficient (Wildman–Crippen LogP) is 12.8. The molecule has 3 atom stereocenters. The summed E-state index contributed by atoms with van der Waals surface area (Å²) >= 11 is 0. The average Bonchev–Trinajstić information content (AvgIpc) is 3.40. The van der Waals surface area contributed by atoms with Gasteiger partial charge in [0.1, 0.15) is 30.3 Å². The second kappa shape index (κ2) is 30.6. The van der Waals surface area contributed by atoms with Gasteiger partial charge >= 0.3 is 12.1 Å². The molecule has 0 aliphatic rings. The van der Waals surface area contributed by atoms with Gasteiger partial charge in [0.25, 0.3) is 0 Å². The number of ether oxygens (including phenoxy) is 4. The summed E-state index contributed by atoms with van der Waals surface area (Å²) in [6, 6.07) is 30.8. The summed E-state index contributed by atoms with van der Waals surface area (Å²) in [4.78, 5) is 74.4. The molecule has 5 aromatic carbocycles. The molecule has 0 saturated heterocycles. The van der Waals surface area contributed by atoms with E-state index in [1.165, 1.54) is 0 Å². The van der Waals surface area contributed by atoms with Gasteiger partial charge in [-0.1, -0.05) is 125 Å². The maximum Gasteiger partial charge on any atom is 0.407 e. The molecule has 77 heavy (non-hydrogen) atoms. The molecule has 0 aromatic heterocycles. The first-order valence-corrected chi connectivity index (χ1v) is 29.9. The Labute approximate surface area is 459 Å². The molecule has 416 valence electrons. The van der Waals surface area contributed by atoms with Crippen LogP contribution in [0.3, 0.4) is 0 Å². The van der Waals surface area contributed by atoms with Gasteiger partial charge in [0.2, 0.25) is 5.91 Å². The highest BCUT2D eigenvalue weighted by molar-refractivity contribution is 7.57. The lowest BCUT2D eigenvalue weighted by molar-refractivity contribution is -0.152. The van der Waals surface area contributed by atoms with Gasteiger partial charge in [-0.3, -0.25) is 24.2 Å². The van der Waals surface area contributed by atoms with Crippen LogP contribution in [0.15, 0.2) is 102 Å². The highest BCUT2D eigenvalue weighted by Gasteiger charge is 2.32. The molecule has 0 fully saturated rings. The summed E-state index contributed by atoms with van der Waals surface area (Å²) in [5.74, 6) is -0.871. The molecular weight excluding hydrogens is 988 g/mol. The zero-order valence-electron chi connectivity index (χ0n) is 47.4. The van der Waals surface area contributed by atoms with Crippen LogP contribution in [-0.2, 0) is 35.3 Å². The fourth-order valence-electron chi connectivity index (χ4n) is 9.17. The van der Waals surface area contributed by atoms with Crippen molar-refractivity contribution in [2.45, 2.75) is 131 Å². The molecule has 0 aliphatic carbocycles. The Morgan fingerprint density at radius 1 is 0.701 bits per heavy atom. The van der Waals surface area contributed by atoms with Gasteiger partial charge in [0.15, 0.2) is 11.6 Å². The Bertz CT molecular complexity index is 2770. The van der Waals surface area contributed by atoms with Crippen LogP contribution in [0, 0.1) is 30.6 Å². The molecule has 13 nitrogen and oxygen atoms in total. The van der Waals surface area contributed by atoms with Crippen molar-refractivity contribution < 1.29 is 42.9 Å². The van der Waals surface area contributed by atoms with E-state index in [-0.39, 0.29) is 64.3 Å². The zero-order chi connectivity index (χ0) is 56.1. The number of amides is 2. The minimum atomic E-state index is -0.978. The molecule has 0 radical (unpaired) electrons. The number of rotatable bonds is 31. The normalized spacial score (nSPS) is 13.1. The van der Waals surface area contributed by atoms with Gasteiger partial charge in [-0.05, 0) is 131 Å². The van der Waals surface area contributed by atoms with E-state index in [2.05, 4.69) is 61.0 Å². The average molecular weight is 1070 g/mol. The molecule has 0 aliphatic heterocycles. The van der Waals surface area contributed by atoms with E-state index < -0.39 is 41.4 Å². The van der Waals surface area contributed by atoms with E-state index in [9.17, 15) is 24.0 Å². The molecule has 0 spiro atoms. The topological polar surface area (TPSA) is 185 Å². The number of aryl methyl sites for hydroxylation is 1. The molecule has 4 N–H and O–H groups in total. The fraction of sp³-hybridized carbons (Fsp3) is 0.492. The number of unbranched alkanes of at least 4 members (excludes halogenated alkanes) is 1. The van der Waals surface area contributed by atoms with Gasteiger partial charge in [-0.25, -0.2) is 4.79 Å². The van der Waals surface area contributed by atoms with E-state index in [1.54, 1.807) is 20.8 Å². The smallest absolute Gasteiger partial charge is 0.407 e. The number of carbonyl (C=O) groups excluding carboxylic acids is 5. The highest BCUT2D eigenvalue weighted by atomic mass is 31.1. The number of hydrogen-bond acceptors (Lipinski definition) is 10. The molecule has 5 aromatic rings. The maximum absolute atomic E-state index is 14.7. The Hall–Kier alpha value is -6.33. The number of Topliss-reactive ketones (excluding diaryl/α,β-unsaturated/α-hetero) is 2. The van der Waals surface area contributed by atoms with Crippen LogP contribution in [-0.4, -0.2) is 92.8 Å². The predicted molar refractivity (Wildman–Crippen MR) is 313 cm³/mol. The lowest BCUT2D eigenvalue weighted by atomic mass is 9.89. The SMILES string of the molecule is Cc1ccc(COC(=O)[C@@H](CC(=O)[C@@H](CCCN=C(N)CP(C)C)NC(=O)[C@@H](CCCCNC(=O)OC(C)(C)C)CC(=O)COc2ccc3ccccc3c2-c2c(OCCC(C)C)ccc3ccccc23)CC(C)C)cc1. The van der Waals surface area contributed by atoms with Crippen molar-refractivity contribution >= 4 is 64.8 Å². The number of nitrogens with zero attached hydrogens (tertiary/aromatic N) is 1. The number of carbonyl (C=O) groups is 5. The van der Waals surface area contributed by atoms with Crippen molar-refractivity contribution in [2.24, 2.45) is 34.4 Å². The number of hydrogen-bond donors (Lipinski definition) is 3.